The van der Waals surface area contributed by atoms with Gasteiger partial charge in [0.15, 0.2) is 0 Å². The molecule has 0 saturated carbocycles. The maximum absolute atomic E-state index is 6.14. The molecule has 1 aliphatic rings. The second-order valence-corrected chi connectivity index (χ2v) is 6.41. The van der Waals surface area contributed by atoms with Gasteiger partial charge in [-0.1, -0.05) is 18.5 Å². The van der Waals surface area contributed by atoms with Crippen LogP contribution in [-0.4, -0.2) is 19.1 Å². The standard InChI is InChI=1S/C16H25ClN2/c1-12-4-3-8-19(9-7-12)16-6-5-15(17)11-14(16)10-13(2)18/h5-6,11-13H,3-4,7-10,18H2,1-2H3. The molecule has 3 heteroatoms. The van der Waals surface area contributed by atoms with E-state index in [4.69, 9.17) is 17.3 Å². The number of nitrogens with zero attached hydrogens (tertiary/aromatic N) is 1. The van der Waals surface area contributed by atoms with Crippen molar-refractivity contribution in [1.29, 1.82) is 0 Å². The molecule has 0 spiro atoms. The lowest BCUT2D eigenvalue weighted by atomic mass is 10.0. The highest BCUT2D eigenvalue weighted by molar-refractivity contribution is 6.30. The monoisotopic (exact) mass is 280 g/mol. The zero-order valence-electron chi connectivity index (χ0n) is 12.0. The first-order valence-corrected chi connectivity index (χ1v) is 7.73. The largest absolute Gasteiger partial charge is 0.371 e. The van der Waals surface area contributed by atoms with Crippen LogP contribution in [0.3, 0.4) is 0 Å². The molecule has 1 aromatic rings. The Morgan fingerprint density at radius 2 is 2.16 bits per heavy atom. The summed E-state index contributed by atoms with van der Waals surface area (Å²) < 4.78 is 0. The average Bonchev–Trinajstić information content (AvgIpc) is 2.54. The minimum atomic E-state index is 0.170. The second-order valence-electron chi connectivity index (χ2n) is 5.98. The topological polar surface area (TPSA) is 29.3 Å². The molecule has 0 aliphatic carbocycles. The van der Waals surface area contributed by atoms with E-state index in [2.05, 4.69) is 30.9 Å². The summed E-state index contributed by atoms with van der Waals surface area (Å²) in [6, 6.07) is 6.41. The smallest absolute Gasteiger partial charge is 0.0410 e. The number of halogens is 1. The van der Waals surface area contributed by atoms with Crippen molar-refractivity contribution in [3.8, 4) is 0 Å². The number of hydrogen-bond donors (Lipinski definition) is 1. The van der Waals surface area contributed by atoms with Gasteiger partial charge < -0.3 is 10.6 Å². The molecule has 2 N–H and O–H groups in total. The molecule has 0 bridgehead atoms. The fourth-order valence-corrected chi connectivity index (χ4v) is 3.07. The molecule has 106 valence electrons. The van der Waals surface area contributed by atoms with E-state index >= 15 is 0 Å². The predicted octanol–water partition coefficient (Wildman–Crippen LogP) is 3.86. The van der Waals surface area contributed by atoms with E-state index in [-0.39, 0.29) is 6.04 Å². The molecular weight excluding hydrogens is 256 g/mol. The molecule has 1 heterocycles. The summed E-state index contributed by atoms with van der Waals surface area (Å²) in [6.45, 7) is 6.70. The minimum Gasteiger partial charge on any atom is -0.371 e. The first-order chi connectivity index (χ1) is 9.06. The number of nitrogens with two attached hydrogens (primary N) is 1. The molecule has 0 radical (unpaired) electrons. The minimum absolute atomic E-state index is 0.170. The summed E-state index contributed by atoms with van der Waals surface area (Å²) >= 11 is 6.14. The molecule has 2 rings (SSSR count). The highest BCUT2D eigenvalue weighted by atomic mass is 35.5. The summed E-state index contributed by atoms with van der Waals surface area (Å²) in [7, 11) is 0. The van der Waals surface area contributed by atoms with Crippen LogP contribution in [0.1, 0.15) is 38.7 Å². The normalized spacial score (nSPS) is 22.1. The van der Waals surface area contributed by atoms with Crippen LogP contribution >= 0.6 is 11.6 Å². The Labute approximate surface area is 121 Å². The lowest BCUT2D eigenvalue weighted by Gasteiger charge is -2.26. The zero-order chi connectivity index (χ0) is 13.8. The molecule has 2 atom stereocenters. The Hall–Kier alpha value is -0.730. The van der Waals surface area contributed by atoms with Crippen molar-refractivity contribution in [2.24, 2.45) is 11.7 Å². The van der Waals surface area contributed by atoms with Gasteiger partial charge in [0.2, 0.25) is 0 Å². The van der Waals surface area contributed by atoms with Crippen molar-refractivity contribution in [3.63, 3.8) is 0 Å². The van der Waals surface area contributed by atoms with E-state index in [0.29, 0.717) is 0 Å². The van der Waals surface area contributed by atoms with E-state index in [1.54, 1.807) is 0 Å². The van der Waals surface area contributed by atoms with Crippen LogP contribution in [0.2, 0.25) is 5.02 Å². The first-order valence-electron chi connectivity index (χ1n) is 7.35. The zero-order valence-corrected chi connectivity index (χ0v) is 12.8. The number of hydrogen-bond acceptors (Lipinski definition) is 2. The van der Waals surface area contributed by atoms with Crippen LogP contribution in [0.4, 0.5) is 5.69 Å². The van der Waals surface area contributed by atoms with Crippen LogP contribution in [0.15, 0.2) is 18.2 Å². The van der Waals surface area contributed by atoms with E-state index in [1.165, 1.54) is 30.5 Å². The molecule has 2 nitrogen and oxygen atoms in total. The molecule has 1 aliphatic heterocycles. The Bertz CT molecular complexity index is 417. The van der Waals surface area contributed by atoms with Crippen molar-refractivity contribution < 1.29 is 0 Å². The molecule has 1 aromatic carbocycles. The third-order valence-electron chi connectivity index (χ3n) is 3.94. The summed E-state index contributed by atoms with van der Waals surface area (Å²) in [4.78, 5) is 2.51. The molecule has 1 saturated heterocycles. The Morgan fingerprint density at radius 3 is 2.89 bits per heavy atom. The SMILES string of the molecule is CC(N)Cc1cc(Cl)ccc1N1CCCC(C)CC1. The maximum atomic E-state index is 6.14. The van der Waals surface area contributed by atoms with Crippen LogP contribution < -0.4 is 10.6 Å². The Balaban J connectivity index is 2.22. The highest BCUT2D eigenvalue weighted by Crippen LogP contribution is 2.28. The van der Waals surface area contributed by atoms with Crippen LogP contribution in [0.25, 0.3) is 0 Å². The van der Waals surface area contributed by atoms with Gasteiger partial charge in [-0.3, -0.25) is 0 Å². The van der Waals surface area contributed by atoms with E-state index < -0.39 is 0 Å². The fourth-order valence-electron chi connectivity index (χ4n) is 2.88. The third kappa shape index (κ3) is 4.12. The van der Waals surface area contributed by atoms with E-state index in [0.717, 1.165) is 30.5 Å². The van der Waals surface area contributed by atoms with Gasteiger partial charge in [0.25, 0.3) is 0 Å². The number of benzene rings is 1. The first kappa shape index (κ1) is 14.7. The van der Waals surface area contributed by atoms with Crippen molar-refractivity contribution in [1.82, 2.24) is 0 Å². The predicted molar refractivity (Wildman–Crippen MR) is 84.0 cm³/mol. The lowest BCUT2D eigenvalue weighted by Crippen LogP contribution is -2.27. The molecule has 1 fully saturated rings. The van der Waals surface area contributed by atoms with Gasteiger partial charge in [-0.15, -0.1) is 0 Å². The molecule has 0 aromatic heterocycles. The molecule has 2 unspecified atom stereocenters. The van der Waals surface area contributed by atoms with Gasteiger partial charge in [0.05, 0.1) is 0 Å². The van der Waals surface area contributed by atoms with Crippen molar-refractivity contribution >= 4 is 17.3 Å². The summed E-state index contributed by atoms with van der Waals surface area (Å²) in [6.07, 6.45) is 4.79. The van der Waals surface area contributed by atoms with Crippen LogP contribution in [0, 0.1) is 5.92 Å². The third-order valence-corrected chi connectivity index (χ3v) is 4.18. The van der Waals surface area contributed by atoms with Gasteiger partial charge in [-0.05, 0) is 62.3 Å². The highest BCUT2D eigenvalue weighted by Gasteiger charge is 2.17. The number of rotatable bonds is 3. The van der Waals surface area contributed by atoms with Gasteiger partial charge in [0.1, 0.15) is 0 Å². The summed E-state index contributed by atoms with van der Waals surface area (Å²) in [5.41, 5.74) is 8.58. The van der Waals surface area contributed by atoms with Crippen LogP contribution in [-0.2, 0) is 6.42 Å². The maximum Gasteiger partial charge on any atom is 0.0410 e. The molecule has 19 heavy (non-hydrogen) atoms. The lowest BCUT2D eigenvalue weighted by molar-refractivity contribution is 0.521. The van der Waals surface area contributed by atoms with Gasteiger partial charge >= 0.3 is 0 Å². The van der Waals surface area contributed by atoms with Gasteiger partial charge in [-0.2, -0.15) is 0 Å². The summed E-state index contributed by atoms with van der Waals surface area (Å²) in [5, 5.41) is 0.808. The fraction of sp³-hybridized carbons (Fsp3) is 0.625. The molecule has 0 amide bonds. The number of anilines is 1. The Kier molecular flexibility index (Phi) is 5.12. The average molecular weight is 281 g/mol. The van der Waals surface area contributed by atoms with Gasteiger partial charge in [0, 0.05) is 29.8 Å². The van der Waals surface area contributed by atoms with E-state index in [1.807, 2.05) is 6.07 Å². The Morgan fingerprint density at radius 1 is 1.37 bits per heavy atom. The summed E-state index contributed by atoms with van der Waals surface area (Å²) in [5.74, 6) is 0.842. The van der Waals surface area contributed by atoms with Crippen molar-refractivity contribution in [2.75, 3.05) is 18.0 Å². The van der Waals surface area contributed by atoms with Crippen molar-refractivity contribution in [2.45, 2.75) is 45.6 Å². The molecular formula is C16H25ClN2. The second kappa shape index (κ2) is 6.62. The van der Waals surface area contributed by atoms with E-state index in [9.17, 15) is 0 Å². The van der Waals surface area contributed by atoms with Crippen molar-refractivity contribution in [3.05, 3.63) is 28.8 Å². The van der Waals surface area contributed by atoms with Gasteiger partial charge in [-0.25, -0.2) is 0 Å². The quantitative estimate of drug-likeness (QED) is 0.911. The van der Waals surface area contributed by atoms with Crippen LogP contribution in [0.5, 0.6) is 0 Å².